The SMILES string of the molecule is OO[B]c1ccc(B(O)O)cc1. The molecule has 4 nitrogen and oxygen atoms in total. The molecule has 0 heterocycles. The highest BCUT2D eigenvalue weighted by atomic mass is 17.1. The fourth-order valence-corrected chi connectivity index (χ4v) is 0.808. The smallest absolute Gasteiger partial charge is 0.423 e. The molecule has 0 aliphatic heterocycles. The van der Waals surface area contributed by atoms with E-state index in [0.29, 0.717) is 10.9 Å². The number of hydrogen-bond acceptors (Lipinski definition) is 4. The average Bonchev–Trinajstić information content (AvgIpc) is 2.06. The molecule has 1 rings (SSSR count). The Bertz CT molecular complexity index is 236. The van der Waals surface area contributed by atoms with Gasteiger partial charge >= 0.3 is 14.6 Å². The maximum absolute atomic E-state index is 8.71. The van der Waals surface area contributed by atoms with Gasteiger partial charge in [0.05, 0.1) is 0 Å². The van der Waals surface area contributed by atoms with Crippen LogP contribution in [0.4, 0.5) is 0 Å². The normalized spacial score (nSPS) is 9.58. The molecule has 12 heavy (non-hydrogen) atoms. The van der Waals surface area contributed by atoms with Crippen LogP contribution in [0.2, 0.25) is 0 Å². The minimum absolute atomic E-state index is 0.394. The summed E-state index contributed by atoms with van der Waals surface area (Å²) in [7, 11) is -0.331. The lowest BCUT2D eigenvalue weighted by Crippen LogP contribution is -2.31. The van der Waals surface area contributed by atoms with E-state index < -0.39 is 7.12 Å². The Hall–Kier alpha value is -0.810. The molecule has 0 bridgehead atoms. The van der Waals surface area contributed by atoms with Gasteiger partial charge in [0.15, 0.2) is 0 Å². The van der Waals surface area contributed by atoms with E-state index >= 15 is 0 Å². The second kappa shape index (κ2) is 4.27. The van der Waals surface area contributed by atoms with Gasteiger partial charge in [-0.25, -0.2) is 0 Å². The van der Waals surface area contributed by atoms with Crippen LogP contribution in [-0.2, 0) is 4.81 Å². The van der Waals surface area contributed by atoms with Crippen LogP contribution in [0.3, 0.4) is 0 Å². The molecule has 0 amide bonds. The highest BCUT2D eigenvalue weighted by Gasteiger charge is 2.09. The zero-order chi connectivity index (χ0) is 8.97. The second-order valence-electron chi connectivity index (χ2n) is 2.26. The molecule has 0 atom stereocenters. The number of hydrogen-bond donors (Lipinski definition) is 3. The van der Waals surface area contributed by atoms with Gasteiger partial charge in [-0.15, -0.1) is 0 Å². The van der Waals surface area contributed by atoms with E-state index in [1.165, 1.54) is 12.1 Å². The van der Waals surface area contributed by atoms with Crippen LogP contribution in [-0.4, -0.2) is 29.9 Å². The van der Waals surface area contributed by atoms with E-state index in [2.05, 4.69) is 4.81 Å². The van der Waals surface area contributed by atoms with E-state index in [9.17, 15) is 0 Å². The molecule has 0 spiro atoms. The van der Waals surface area contributed by atoms with Crippen molar-refractivity contribution < 1.29 is 20.1 Å². The fraction of sp³-hybridized carbons (Fsp3) is 0. The van der Waals surface area contributed by atoms with Crippen LogP contribution in [0.15, 0.2) is 24.3 Å². The Kier molecular flexibility index (Phi) is 3.30. The quantitative estimate of drug-likeness (QED) is 0.278. The van der Waals surface area contributed by atoms with E-state index in [0.717, 1.165) is 7.48 Å². The standard InChI is InChI=1S/C6H7B2O4/c9-8(10)6-3-1-5(2-4-6)7-12-11/h1-4,9-11H. The van der Waals surface area contributed by atoms with Crippen molar-refractivity contribution in [1.29, 1.82) is 0 Å². The van der Waals surface area contributed by atoms with E-state index in [1.54, 1.807) is 12.1 Å². The number of rotatable bonds is 3. The summed E-state index contributed by atoms with van der Waals surface area (Å²) in [6.07, 6.45) is 0. The van der Waals surface area contributed by atoms with Gasteiger partial charge in [0.25, 0.3) is 0 Å². The minimum Gasteiger partial charge on any atom is -0.423 e. The van der Waals surface area contributed by atoms with Gasteiger partial charge in [-0.3, -0.25) is 5.26 Å². The molecular formula is C6H7B2O4. The fourth-order valence-electron chi connectivity index (χ4n) is 0.808. The molecule has 0 aliphatic rings. The second-order valence-corrected chi connectivity index (χ2v) is 2.26. The maximum Gasteiger partial charge on any atom is 0.488 e. The molecule has 1 aromatic rings. The third-order valence-electron chi connectivity index (χ3n) is 1.42. The first kappa shape index (κ1) is 9.28. The molecule has 1 aromatic carbocycles. The summed E-state index contributed by atoms with van der Waals surface area (Å²) < 4.78 is 0. The Morgan fingerprint density at radius 2 is 1.75 bits per heavy atom. The molecule has 0 aliphatic carbocycles. The zero-order valence-corrected chi connectivity index (χ0v) is 6.21. The summed E-state index contributed by atoms with van der Waals surface area (Å²) in [5, 5.41) is 25.5. The molecule has 0 unspecified atom stereocenters. The van der Waals surface area contributed by atoms with Crippen molar-refractivity contribution in [3.63, 3.8) is 0 Å². The van der Waals surface area contributed by atoms with Gasteiger partial charge in [-0.05, 0) is 5.46 Å². The summed E-state index contributed by atoms with van der Waals surface area (Å²) in [4.78, 5) is 3.78. The molecule has 0 fully saturated rings. The van der Waals surface area contributed by atoms with Crippen molar-refractivity contribution in [2.45, 2.75) is 0 Å². The largest absolute Gasteiger partial charge is 0.488 e. The summed E-state index contributed by atoms with van der Waals surface area (Å²) >= 11 is 0. The van der Waals surface area contributed by atoms with Crippen molar-refractivity contribution >= 4 is 25.5 Å². The van der Waals surface area contributed by atoms with Crippen molar-refractivity contribution in [3.05, 3.63) is 24.3 Å². The maximum atomic E-state index is 8.71. The van der Waals surface area contributed by atoms with E-state index in [1.807, 2.05) is 0 Å². The van der Waals surface area contributed by atoms with Crippen molar-refractivity contribution in [3.8, 4) is 0 Å². The summed E-state index contributed by atoms with van der Waals surface area (Å²) in [5.74, 6) is 0. The predicted molar refractivity (Wildman–Crippen MR) is 45.4 cm³/mol. The van der Waals surface area contributed by atoms with Crippen LogP contribution in [0.1, 0.15) is 0 Å². The van der Waals surface area contributed by atoms with Gasteiger partial charge in [0, 0.05) is 0 Å². The van der Waals surface area contributed by atoms with Gasteiger partial charge < -0.3 is 14.9 Å². The lowest BCUT2D eigenvalue weighted by atomic mass is 9.77. The first-order valence-electron chi connectivity index (χ1n) is 3.33. The van der Waals surface area contributed by atoms with Gasteiger partial charge in [-0.1, -0.05) is 29.7 Å². The summed E-state index contributed by atoms with van der Waals surface area (Å²) in [6, 6.07) is 6.22. The summed E-state index contributed by atoms with van der Waals surface area (Å²) in [5.41, 5.74) is 1.03. The van der Waals surface area contributed by atoms with Gasteiger partial charge in [0.1, 0.15) is 0 Å². The van der Waals surface area contributed by atoms with Crippen molar-refractivity contribution in [1.82, 2.24) is 0 Å². The molecule has 0 saturated carbocycles. The summed E-state index contributed by atoms with van der Waals surface area (Å²) in [6.45, 7) is 0. The lowest BCUT2D eigenvalue weighted by Gasteiger charge is -1.99. The number of benzene rings is 1. The van der Waals surface area contributed by atoms with Crippen LogP contribution < -0.4 is 10.9 Å². The molecule has 0 saturated heterocycles. The molecule has 61 valence electrons. The van der Waals surface area contributed by atoms with Crippen LogP contribution >= 0.6 is 0 Å². The molecule has 6 heteroatoms. The van der Waals surface area contributed by atoms with Crippen molar-refractivity contribution in [2.24, 2.45) is 0 Å². The molecular weight excluding hydrogens is 158 g/mol. The monoisotopic (exact) mass is 165 g/mol. The molecule has 3 N–H and O–H groups in total. The Labute approximate surface area is 70.8 Å². The molecule has 0 aromatic heterocycles. The highest BCUT2D eigenvalue weighted by Crippen LogP contribution is 1.81. The lowest BCUT2D eigenvalue weighted by molar-refractivity contribution is -0.135. The highest BCUT2D eigenvalue weighted by molar-refractivity contribution is 6.58. The zero-order valence-electron chi connectivity index (χ0n) is 6.21. The van der Waals surface area contributed by atoms with Crippen LogP contribution in [0.25, 0.3) is 0 Å². The van der Waals surface area contributed by atoms with Crippen LogP contribution in [0, 0.1) is 0 Å². The third-order valence-corrected chi connectivity index (χ3v) is 1.42. The van der Waals surface area contributed by atoms with Gasteiger partial charge in [0.2, 0.25) is 0 Å². The first-order chi connectivity index (χ1) is 5.74. The Balaban J connectivity index is 2.71. The van der Waals surface area contributed by atoms with Gasteiger partial charge in [-0.2, -0.15) is 0 Å². The topological polar surface area (TPSA) is 69.9 Å². The Morgan fingerprint density at radius 1 is 1.17 bits per heavy atom. The third kappa shape index (κ3) is 2.35. The van der Waals surface area contributed by atoms with Crippen LogP contribution in [0.5, 0.6) is 0 Å². The van der Waals surface area contributed by atoms with Crippen molar-refractivity contribution in [2.75, 3.05) is 0 Å². The average molecular weight is 165 g/mol. The predicted octanol–water partition coefficient (Wildman–Crippen LogP) is -1.90. The minimum atomic E-state index is -1.46. The Morgan fingerprint density at radius 3 is 2.17 bits per heavy atom. The first-order valence-corrected chi connectivity index (χ1v) is 3.33. The van der Waals surface area contributed by atoms with E-state index in [4.69, 9.17) is 15.3 Å². The van der Waals surface area contributed by atoms with E-state index in [-0.39, 0.29) is 0 Å². The molecule has 1 radical (unpaired) electrons.